The predicted octanol–water partition coefficient (Wildman–Crippen LogP) is 3.01. The summed E-state index contributed by atoms with van der Waals surface area (Å²) in [6.45, 7) is 0.193. The van der Waals surface area contributed by atoms with Crippen molar-refractivity contribution < 1.29 is 18.0 Å². The molecule has 9 heteroatoms. The molecule has 146 valence electrons. The van der Waals surface area contributed by atoms with Gasteiger partial charge in [0.15, 0.2) is 0 Å². The van der Waals surface area contributed by atoms with Crippen LogP contribution in [-0.2, 0) is 17.5 Å². The van der Waals surface area contributed by atoms with Crippen LogP contribution in [0.2, 0.25) is 0 Å². The zero-order chi connectivity index (χ0) is 20.3. The van der Waals surface area contributed by atoms with Crippen molar-refractivity contribution in [1.82, 2.24) is 14.9 Å². The van der Waals surface area contributed by atoms with Crippen LogP contribution in [0.3, 0.4) is 0 Å². The molecule has 0 aliphatic carbocycles. The van der Waals surface area contributed by atoms with Crippen LogP contribution in [0.15, 0.2) is 53.3 Å². The number of H-pyrrole nitrogens is 1. The summed E-state index contributed by atoms with van der Waals surface area (Å²) < 4.78 is 37.7. The number of para-hydroxylation sites is 1. The Bertz CT molecular complexity index is 1050. The Labute approximate surface area is 158 Å². The number of halogens is 3. The summed E-state index contributed by atoms with van der Waals surface area (Å²) in [4.78, 5) is 32.8. The molecule has 1 aromatic heterocycles. The Kier molecular flexibility index (Phi) is 5.46. The number of hydrogen-bond acceptors (Lipinski definition) is 4. The van der Waals surface area contributed by atoms with Crippen molar-refractivity contribution in [3.05, 3.63) is 70.3 Å². The number of alkyl halides is 3. The number of likely N-dealkylation sites (N-methyl/N-ethyl adjacent to an activating group) is 1. The standard InChI is InChI=1S/C19H17F3N4O2/c1-26(10-16-24-15-5-3-2-4-14(15)18(28)25-16)11-17(27)23-13-8-6-12(7-9-13)19(20,21)22/h2-9H,10-11H2,1H3,(H,23,27)(H,24,25,28). The number of benzene rings is 2. The first kappa shape index (κ1) is 19.6. The van der Waals surface area contributed by atoms with E-state index < -0.39 is 17.6 Å². The van der Waals surface area contributed by atoms with Crippen LogP contribution in [0, 0.1) is 0 Å². The number of nitrogens with zero attached hydrogens (tertiary/aromatic N) is 2. The second-order valence-corrected chi connectivity index (χ2v) is 6.33. The number of nitrogens with one attached hydrogen (secondary N) is 2. The fraction of sp³-hybridized carbons (Fsp3) is 0.211. The summed E-state index contributed by atoms with van der Waals surface area (Å²) in [6, 6.07) is 11.1. The molecule has 0 aliphatic rings. The van der Waals surface area contributed by atoms with E-state index in [-0.39, 0.29) is 24.3 Å². The van der Waals surface area contributed by atoms with Crippen molar-refractivity contribution in [2.45, 2.75) is 12.7 Å². The maximum atomic E-state index is 12.6. The van der Waals surface area contributed by atoms with Gasteiger partial charge < -0.3 is 10.3 Å². The second-order valence-electron chi connectivity index (χ2n) is 6.33. The maximum absolute atomic E-state index is 12.6. The minimum Gasteiger partial charge on any atom is -0.325 e. The van der Waals surface area contributed by atoms with E-state index in [4.69, 9.17) is 0 Å². The molecule has 6 nitrogen and oxygen atoms in total. The van der Waals surface area contributed by atoms with Gasteiger partial charge in [0, 0.05) is 5.69 Å². The highest BCUT2D eigenvalue weighted by Crippen LogP contribution is 2.29. The van der Waals surface area contributed by atoms with E-state index in [0.29, 0.717) is 16.7 Å². The van der Waals surface area contributed by atoms with Crippen molar-refractivity contribution in [3.63, 3.8) is 0 Å². The number of carbonyl (C=O) groups excluding carboxylic acids is 1. The fourth-order valence-corrected chi connectivity index (χ4v) is 2.71. The van der Waals surface area contributed by atoms with Gasteiger partial charge in [0.05, 0.1) is 29.6 Å². The van der Waals surface area contributed by atoms with Crippen molar-refractivity contribution in [1.29, 1.82) is 0 Å². The van der Waals surface area contributed by atoms with Crippen molar-refractivity contribution >= 4 is 22.5 Å². The predicted molar refractivity (Wildman–Crippen MR) is 98.8 cm³/mol. The van der Waals surface area contributed by atoms with E-state index >= 15 is 0 Å². The molecule has 3 aromatic rings. The van der Waals surface area contributed by atoms with Gasteiger partial charge in [-0.2, -0.15) is 13.2 Å². The quantitative estimate of drug-likeness (QED) is 0.702. The number of anilines is 1. The third-order valence-corrected chi connectivity index (χ3v) is 3.99. The Morgan fingerprint density at radius 2 is 1.82 bits per heavy atom. The first-order chi connectivity index (χ1) is 13.2. The molecule has 0 saturated heterocycles. The SMILES string of the molecule is CN(CC(=O)Nc1ccc(C(F)(F)F)cc1)Cc1nc2ccccc2c(=O)[nH]1. The molecule has 2 N–H and O–H groups in total. The minimum absolute atomic E-state index is 0.0302. The van der Waals surface area contributed by atoms with Crippen molar-refractivity contribution in [3.8, 4) is 0 Å². The molecule has 3 rings (SSSR count). The zero-order valence-electron chi connectivity index (χ0n) is 14.9. The van der Waals surface area contributed by atoms with E-state index in [9.17, 15) is 22.8 Å². The largest absolute Gasteiger partial charge is 0.416 e. The molecule has 0 unspecified atom stereocenters. The lowest BCUT2D eigenvalue weighted by Gasteiger charge is -2.16. The smallest absolute Gasteiger partial charge is 0.325 e. The molecule has 0 atom stereocenters. The van der Waals surface area contributed by atoms with Gasteiger partial charge in [-0.3, -0.25) is 14.5 Å². The van der Waals surface area contributed by atoms with E-state index in [2.05, 4.69) is 15.3 Å². The van der Waals surface area contributed by atoms with Gasteiger partial charge in [-0.1, -0.05) is 12.1 Å². The zero-order valence-corrected chi connectivity index (χ0v) is 14.9. The van der Waals surface area contributed by atoms with Crippen molar-refractivity contribution in [2.75, 3.05) is 18.9 Å². The number of hydrogen-bond donors (Lipinski definition) is 2. The van der Waals surface area contributed by atoms with Gasteiger partial charge in [0.25, 0.3) is 5.56 Å². The molecule has 0 bridgehead atoms. The molecule has 0 radical (unpaired) electrons. The molecule has 0 aliphatic heterocycles. The first-order valence-electron chi connectivity index (χ1n) is 8.36. The average Bonchev–Trinajstić information content (AvgIpc) is 2.61. The summed E-state index contributed by atoms with van der Waals surface area (Å²) in [7, 11) is 1.67. The molecular formula is C19H17F3N4O2. The van der Waals surface area contributed by atoms with Crippen molar-refractivity contribution in [2.24, 2.45) is 0 Å². The minimum atomic E-state index is -4.42. The molecule has 0 saturated carbocycles. The number of amides is 1. The molecule has 0 spiro atoms. The van der Waals surface area contributed by atoms with Crippen LogP contribution in [0.4, 0.5) is 18.9 Å². The van der Waals surface area contributed by atoms with E-state index in [1.54, 1.807) is 36.2 Å². The lowest BCUT2D eigenvalue weighted by molar-refractivity contribution is -0.137. The Hall–Kier alpha value is -3.20. The van der Waals surface area contributed by atoms with Gasteiger partial charge >= 0.3 is 6.18 Å². The highest BCUT2D eigenvalue weighted by Gasteiger charge is 2.30. The van der Waals surface area contributed by atoms with E-state index in [0.717, 1.165) is 12.1 Å². The second kappa shape index (κ2) is 7.81. The van der Waals surface area contributed by atoms with Crippen LogP contribution >= 0.6 is 0 Å². The number of aromatic amines is 1. The van der Waals surface area contributed by atoms with Crippen LogP contribution in [0.5, 0.6) is 0 Å². The molecule has 28 heavy (non-hydrogen) atoms. The van der Waals surface area contributed by atoms with Gasteiger partial charge in [-0.15, -0.1) is 0 Å². The average molecular weight is 390 g/mol. The summed E-state index contributed by atoms with van der Waals surface area (Å²) in [5.41, 5.74) is -0.218. The molecule has 0 fully saturated rings. The highest BCUT2D eigenvalue weighted by atomic mass is 19.4. The summed E-state index contributed by atoms with van der Waals surface area (Å²) in [5, 5.41) is 3.02. The van der Waals surface area contributed by atoms with Gasteiger partial charge in [-0.25, -0.2) is 4.98 Å². The Morgan fingerprint density at radius 1 is 1.14 bits per heavy atom. The van der Waals surface area contributed by atoms with Gasteiger partial charge in [-0.05, 0) is 43.4 Å². The number of rotatable bonds is 5. The third kappa shape index (κ3) is 4.74. The van der Waals surface area contributed by atoms with Crippen LogP contribution in [0.1, 0.15) is 11.4 Å². The third-order valence-electron chi connectivity index (χ3n) is 3.99. The maximum Gasteiger partial charge on any atom is 0.416 e. The number of aromatic nitrogens is 2. The normalized spacial score (nSPS) is 11.8. The molecule has 2 aromatic carbocycles. The Balaban J connectivity index is 1.61. The summed E-state index contributed by atoms with van der Waals surface area (Å²) >= 11 is 0. The lowest BCUT2D eigenvalue weighted by Crippen LogP contribution is -2.31. The topological polar surface area (TPSA) is 78.1 Å². The lowest BCUT2D eigenvalue weighted by atomic mass is 10.2. The monoisotopic (exact) mass is 390 g/mol. The van der Waals surface area contributed by atoms with Crippen LogP contribution in [-0.4, -0.2) is 34.4 Å². The van der Waals surface area contributed by atoms with E-state index in [1.165, 1.54) is 12.1 Å². The van der Waals surface area contributed by atoms with Gasteiger partial charge in [0.1, 0.15) is 5.82 Å². The number of carbonyl (C=O) groups is 1. The van der Waals surface area contributed by atoms with Gasteiger partial charge in [0.2, 0.25) is 5.91 Å². The highest BCUT2D eigenvalue weighted by molar-refractivity contribution is 5.92. The van der Waals surface area contributed by atoms with Crippen LogP contribution in [0.25, 0.3) is 10.9 Å². The van der Waals surface area contributed by atoms with E-state index in [1.807, 2.05) is 0 Å². The first-order valence-corrected chi connectivity index (χ1v) is 8.36. The number of fused-ring (bicyclic) bond motifs is 1. The summed E-state index contributed by atoms with van der Waals surface area (Å²) in [6.07, 6.45) is -4.42. The molecule has 1 heterocycles. The van der Waals surface area contributed by atoms with Crippen LogP contribution < -0.4 is 10.9 Å². The summed E-state index contributed by atoms with van der Waals surface area (Å²) in [5.74, 6) is 0.0129. The molecule has 1 amide bonds. The molecular weight excluding hydrogens is 373 g/mol. The Morgan fingerprint density at radius 3 is 2.50 bits per heavy atom. The fourth-order valence-electron chi connectivity index (χ4n) is 2.71.